The Balaban J connectivity index is 2.07. The van der Waals surface area contributed by atoms with Gasteiger partial charge in [0.15, 0.2) is 0 Å². The fourth-order valence-corrected chi connectivity index (χ4v) is 2.27. The Bertz CT molecular complexity index is 164. The predicted octanol–water partition coefficient (Wildman–Crippen LogP) is 1.88. The lowest BCUT2D eigenvalue weighted by atomic mass is 10.1. The summed E-state index contributed by atoms with van der Waals surface area (Å²) in [5.74, 6) is 0. The first-order valence-corrected chi connectivity index (χ1v) is 6.85. The van der Waals surface area contributed by atoms with Gasteiger partial charge in [-0.3, -0.25) is 0 Å². The molecule has 1 aliphatic heterocycles. The molecule has 0 aromatic carbocycles. The van der Waals surface area contributed by atoms with Crippen molar-refractivity contribution in [1.29, 1.82) is 0 Å². The fraction of sp³-hybridized carbons (Fsp3) is 1.00. The molecule has 1 aliphatic rings. The molecule has 0 saturated carbocycles. The highest BCUT2D eigenvalue weighted by Gasteiger charge is 2.19. The Hall–Kier alpha value is -0.120. The lowest BCUT2D eigenvalue weighted by molar-refractivity contribution is -0.000311. The number of nitrogens with zero attached hydrogens (tertiary/aromatic N) is 1. The maximum atomic E-state index is 5.84. The van der Waals surface area contributed by atoms with Gasteiger partial charge in [-0.15, -0.1) is 0 Å². The standard InChI is InChI=1S/C13H28N2O/c1-3-11-16-13-7-6-10-15(12-13)9-5-4-8-14-2/h13-14H,3-12H2,1-2H3. The SMILES string of the molecule is CCCOC1CCCN(CCCCNC)C1. The third-order valence-corrected chi connectivity index (χ3v) is 3.17. The molecular weight excluding hydrogens is 200 g/mol. The summed E-state index contributed by atoms with van der Waals surface area (Å²) in [4.78, 5) is 2.57. The van der Waals surface area contributed by atoms with Gasteiger partial charge in [0.2, 0.25) is 0 Å². The Kier molecular flexibility index (Phi) is 7.81. The Morgan fingerprint density at radius 2 is 2.25 bits per heavy atom. The summed E-state index contributed by atoms with van der Waals surface area (Å²) in [6.45, 7) is 7.92. The molecule has 16 heavy (non-hydrogen) atoms. The molecule has 1 saturated heterocycles. The van der Waals surface area contributed by atoms with E-state index in [1.807, 2.05) is 7.05 Å². The zero-order valence-electron chi connectivity index (χ0n) is 11.0. The topological polar surface area (TPSA) is 24.5 Å². The maximum absolute atomic E-state index is 5.84. The molecule has 1 rings (SSSR count). The van der Waals surface area contributed by atoms with E-state index in [1.165, 1.54) is 38.8 Å². The highest BCUT2D eigenvalue weighted by molar-refractivity contribution is 4.73. The summed E-state index contributed by atoms with van der Waals surface area (Å²) in [5, 5.41) is 3.20. The van der Waals surface area contributed by atoms with Crippen molar-refractivity contribution in [3.05, 3.63) is 0 Å². The summed E-state index contributed by atoms with van der Waals surface area (Å²) in [7, 11) is 2.02. The van der Waals surface area contributed by atoms with Gasteiger partial charge in [0.1, 0.15) is 0 Å². The van der Waals surface area contributed by atoms with Crippen molar-refractivity contribution in [2.24, 2.45) is 0 Å². The van der Waals surface area contributed by atoms with E-state index >= 15 is 0 Å². The van der Waals surface area contributed by atoms with Crippen LogP contribution >= 0.6 is 0 Å². The third kappa shape index (κ3) is 5.83. The van der Waals surface area contributed by atoms with Gasteiger partial charge in [-0.25, -0.2) is 0 Å². The number of hydrogen-bond donors (Lipinski definition) is 1. The van der Waals surface area contributed by atoms with Crippen LogP contribution in [0.3, 0.4) is 0 Å². The van der Waals surface area contributed by atoms with E-state index in [2.05, 4.69) is 17.1 Å². The first-order chi connectivity index (χ1) is 7.86. The van der Waals surface area contributed by atoms with Gasteiger partial charge in [0, 0.05) is 13.2 Å². The molecule has 1 unspecified atom stereocenters. The number of ether oxygens (including phenoxy) is 1. The molecule has 0 amide bonds. The molecule has 1 heterocycles. The van der Waals surface area contributed by atoms with Crippen LogP contribution in [0, 0.1) is 0 Å². The minimum Gasteiger partial charge on any atom is -0.377 e. The van der Waals surface area contributed by atoms with Crippen molar-refractivity contribution in [2.45, 2.75) is 45.1 Å². The molecule has 0 spiro atoms. The molecule has 3 nitrogen and oxygen atoms in total. The molecule has 1 atom stereocenters. The van der Waals surface area contributed by atoms with Crippen molar-refractivity contribution in [1.82, 2.24) is 10.2 Å². The lowest BCUT2D eigenvalue weighted by Crippen LogP contribution is -2.40. The molecule has 0 aromatic heterocycles. The van der Waals surface area contributed by atoms with E-state index in [1.54, 1.807) is 0 Å². The minimum atomic E-state index is 0.498. The first-order valence-electron chi connectivity index (χ1n) is 6.85. The average Bonchev–Trinajstić information content (AvgIpc) is 2.33. The second-order valence-corrected chi connectivity index (χ2v) is 4.75. The summed E-state index contributed by atoms with van der Waals surface area (Å²) >= 11 is 0. The highest BCUT2D eigenvalue weighted by atomic mass is 16.5. The van der Waals surface area contributed by atoms with Gasteiger partial charge in [0.25, 0.3) is 0 Å². The summed E-state index contributed by atoms with van der Waals surface area (Å²) in [5.41, 5.74) is 0. The number of nitrogens with one attached hydrogen (secondary N) is 1. The van der Waals surface area contributed by atoms with Gasteiger partial charge in [-0.2, -0.15) is 0 Å². The Labute approximate surface area is 101 Å². The molecule has 0 bridgehead atoms. The van der Waals surface area contributed by atoms with Crippen LogP contribution in [0.5, 0.6) is 0 Å². The number of hydrogen-bond acceptors (Lipinski definition) is 3. The smallest absolute Gasteiger partial charge is 0.0702 e. The third-order valence-electron chi connectivity index (χ3n) is 3.17. The molecular formula is C13H28N2O. The van der Waals surface area contributed by atoms with Crippen molar-refractivity contribution in [2.75, 3.05) is 39.8 Å². The van der Waals surface area contributed by atoms with Crippen LogP contribution in [-0.4, -0.2) is 50.8 Å². The van der Waals surface area contributed by atoms with Crippen molar-refractivity contribution in [3.63, 3.8) is 0 Å². The van der Waals surface area contributed by atoms with Gasteiger partial charge in [-0.05, 0) is 58.8 Å². The molecule has 1 N–H and O–H groups in total. The first kappa shape index (κ1) is 13.9. The molecule has 96 valence electrons. The van der Waals surface area contributed by atoms with Crippen LogP contribution in [0.4, 0.5) is 0 Å². The summed E-state index contributed by atoms with van der Waals surface area (Å²) in [6, 6.07) is 0. The fourth-order valence-electron chi connectivity index (χ4n) is 2.27. The van der Waals surface area contributed by atoms with Gasteiger partial charge >= 0.3 is 0 Å². The number of rotatable bonds is 8. The highest BCUT2D eigenvalue weighted by Crippen LogP contribution is 2.13. The minimum absolute atomic E-state index is 0.498. The maximum Gasteiger partial charge on any atom is 0.0702 e. The van der Waals surface area contributed by atoms with Crippen molar-refractivity contribution >= 4 is 0 Å². The summed E-state index contributed by atoms with van der Waals surface area (Å²) in [6.07, 6.45) is 6.79. The largest absolute Gasteiger partial charge is 0.377 e. The van der Waals surface area contributed by atoms with Crippen LogP contribution in [0.15, 0.2) is 0 Å². The molecule has 1 fully saturated rings. The van der Waals surface area contributed by atoms with Crippen LogP contribution in [0.25, 0.3) is 0 Å². The zero-order valence-corrected chi connectivity index (χ0v) is 11.0. The monoisotopic (exact) mass is 228 g/mol. The molecule has 3 heteroatoms. The van der Waals surface area contributed by atoms with E-state index in [4.69, 9.17) is 4.74 Å². The second-order valence-electron chi connectivity index (χ2n) is 4.75. The van der Waals surface area contributed by atoms with Crippen LogP contribution in [-0.2, 0) is 4.74 Å². The predicted molar refractivity (Wildman–Crippen MR) is 68.9 cm³/mol. The molecule has 0 radical (unpaired) electrons. The number of piperidine rings is 1. The lowest BCUT2D eigenvalue weighted by Gasteiger charge is -2.32. The van der Waals surface area contributed by atoms with Crippen LogP contribution in [0.2, 0.25) is 0 Å². The normalized spacial score (nSPS) is 22.5. The molecule has 0 aromatic rings. The van der Waals surface area contributed by atoms with Gasteiger partial charge in [0.05, 0.1) is 6.10 Å². The van der Waals surface area contributed by atoms with Crippen molar-refractivity contribution < 1.29 is 4.74 Å². The number of unbranched alkanes of at least 4 members (excludes halogenated alkanes) is 1. The van der Waals surface area contributed by atoms with E-state index in [-0.39, 0.29) is 0 Å². The second kappa shape index (κ2) is 8.97. The van der Waals surface area contributed by atoms with Gasteiger partial charge < -0.3 is 15.0 Å². The average molecular weight is 228 g/mol. The van der Waals surface area contributed by atoms with E-state index in [0.29, 0.717) is 6.10 Å². The van der Waals surface area contributed by atoms with E-state index in [0.717, 1.165) is 26.1 Å². The van der Waals surface area contributed by atoms with E-state index in [9.17, 15) is 0 Å². The van der Waals surface area contributed by atoms with E-state index < -0.39 is 0 Å². The van der Waals surface area contributed by atoms with Crippen molar-refractivity contribution in [3.8, 4) is 0 Å². The quantitative estimate of drug-likeness (QED) is 0.642. The Morgan fingerprint density at radius 3 is 3.00 bits per heavy atom. The molecule has 0 aliphatic carbocycles. The number of likely N-dealkylation sites (tertiary alicyclic amines) is 1. The van der Waals surface area contributed by atoms with Crippen LogP contribution < -0.4 is 5.32 Å². The Morgan fingerprint density at radius 1 is 1.38 bits per heavy atom. The zero-order chi connectivity index (χ0) is 11.6. The summed E-state index contributed by atoms with van der Waals surface area (Å²) < 4.78 is 5.84. The van der Waals surface area contributed by atoms with Crippen LogP contribution in [0.1, 0.15) is 39.0 Å². The van der Waals surface area contributed by atoms with Gasteiger partial charge in [-0.1, -0.05) is 6.92 Å².